The lowest BCUT2D eigenvalue weighted by atomic mass is 10.2. The van der Waals surface area contributed by atoms with Gasteiger partial charge in [-0.1, -0.05) is 18.2 Å². The van der Waals surface area contributed by atoms with Gasteiger partial charge in [0.1, 0.15) is 11.9 Å². The first-order valence-corrected chi connectivity index (χ1v) is 6.47. The molecule has 0 fully saturated rings. The van der Waals surface area contributed by atoms with E-state index < -0.39 is 17.9 Å². The van der Waals surface area contributed by atoms with E-state index >= 15 is 0 Å². The molecular formula is C12H14FNO3S. The highest BCUT2D eigenvalue weighted by molar-refractivity contribution is 7.98. The third-order valence-corrected chi connectivity index (χ3v) is 3.26. The van der Waals surface area contributed by atoms with E-state index in [-0.39, 0.29) is 11.6 Å². The average molecular weight is 271 g/mol. The van der Waals surface area contributed by atoms with Gasteiger partial charge in [0.05, 0.1) is 0 Å². The van der Waals surface area contributed by atoms with Crippen molar-refractivity contribution in [3.05, 3.63) is 35.6 Å². The molecule has 0 saturated carbocycles. The summed E-state index contributed by atoms with van der Waals surface area (Å²) in [5, 5.41) is 11.2. The first-order chi connectivity index (χ1) is 8.50. The Morgan fingerprint density at radius 1 is 1.44 bits per heavy atom. The van der Waals surface area contributed by atoms with Crippen LogP contribution in [0, 0.1) is 5.82 Å². The van der Waals surface area contributed by atoms with E-state index in [1.165, 1.54) is 24.8 Å². The fourth-order valence-electron chi connectivity index (χ4n) is 1.32. The van der Waals surface area contributed by atoms with Crippen molar-refractivity contribution >= 4 is 23.6 Å². The Balaban J connectivity index is 2.46. The molecule has 0 aliphatic carbocycles. The number of halogens is 1. The molecule has 1 rings (SSSR count). The van der Waals surface area contributed by atoms with Crippen molar-refractivity contribution in [2.24, 2.45) is 0 Å². The molecule has 1 aromatic rings. The van der Waals surface area contributed by atoms with Gasteiger partial charge in [0.25, 0.3) is 0 Å². The zero-order chi connectivity index (χ0) is 13.5. The van der Waals surface area contributed by atoms with Gasteiger partial charge in [-0.2, -0.15) is 11.8 Å². The number of hydrogen-bond donors (Lipinski definition) is 2. The normalized spacial score (nSPS) is 11.9. The maximum Gasteiger partial charge on any atom is 0.327 e. The van der Waals surface area contributed by atoms with Crippen molar-refractivity contribution in [1.82, 2.24) is 5.32 Å². The molecule has 2 N–H and O–H groups in total. The van der Waals surface area contributed by atoms with Crippen LogP contribution >= 0.6 is 11.8 Å². The van der Waals surface area contributed by atoms with Crippen LogP contribution in [0.25, 0.3) is 0 Å². The van der Waals surface area contributed by atoms with Crippen molar-refractivity contribution in [3.63, 3.8) is 0 Å². The van der Waals surface area contributed by atoms with Crippen LogP contribution in [0.2, 0.25) is 0 Å². The Bertz CT molecular complexity index is 439. The smallest absolute Gasteiger partial charge is 0.327 e. The average Bonchev–Trinajstić information content (AvgIpc) is 2.29. The van der Waals surface area contributed by atoms with Crippen molar-refractivity contribution in [3.8, 4) is 0 Å². The molecule has 0 heterocycles. The van der Waals surface area contributed by atoms with Crippen LogP contribution in [-0.4, -0.2) is 28.8 Å². The van der Waals surface area contributed by atoms with Crippen molar-refractivity contribution < 1.29 is 19.1 Å². The van der Waals surface area contributed by atoms with Crippen LogP contribution in [0.5, 0.6) is 0 Å². The molecule has 0 aromatic heterocycles. The predicted molar refractivity (Wildman–Crippen MR) is 67.8 cm³/mol. The van der Waals surface area contributed by atoms with E-state index in [0.717, 1.165) is 0 Å². The summed E-state index contributed by atoms with van der Waals surface area (Å²) in [6.07, 6.45) is 0. The number of thioether (sulfide) groups is 1. The van der Waals surface area contributed by atoms with Crippen LogP contribution in [0.4, 0.5) is 4.39 Å². The number of nitrogens with one attached hydrogen (secondary N) is 1. The number of carboxylic acids is 1. The fourth-order valence-corrected chi connectivity index (χ4v) is 2.36. The quantitative estimate of drug-likeness (QED) is 0.825. The standard InChI is InChI=1S/C12H14FNO3S/c1-8(15)14-11(12(16)17)7-18-6-9-4-2-3-5-10(9)13/h2-5,11H,6-7H2,1H3,(H,14,15)(H,16,17)/t11-/m1/s1. The molecule has 0 unspecified atom stereocenters. The monoisotopic (exact) mass is 271 g/mol. The first-order valence-electron chi connectivity index (χ1n) is 5.31. The van der Waals surface area contributed by atoms with E-state index in [9.17, 15) is 14.0 Å². The number of benzene rings is 1. The number of carbonyl (C=O) groups excluding carboxylic acids is 1. The Hall–Kier alpha value is -1.56. The number of amides is 1. The van der Waals surface area contributed by atoms with Crippen LogP contribution in [0.3, 0.4) is 0 Å². The van der Waals surface area contributed by atoms with Gasteiger partial charge in [-0.05, 0) is 11.6 Å². The minimum atomic E-state index is -1.09. The zero-order valence-electron chi connectivity index (χ0n) is 9.85. The summed E-state index contributed by atoms with van der Waals surface area (Å²) in [5.41, 5.74) is 0.523. The van der Waals surface area contributed by atoms with Gasteiger partial charge in [-0.3, -0.25) is 4.79 Å². The molecule has 0 aliphatic heterocycles. The molecule has 6 heteroatoms. The second-order valence-corrected chi connectivity index (χ2v) is 4.73. The summed E-state index contributed by atoms with van der Waals surface area (Å²) in [7, 11) is 0. The molecule has 0 bridgehead atoms. The molecule has 1 amide bonds. The van der Waals surface area contributed by atoms with E-state index in [1.807, 2.05) is 0 Å². The molecule has 98 valence electrons. The Kier molecular flexibility index (Phi) is 5.64. The molecule has 0 radical (unpaired) electrons. The van der Waals surface area contributed by atoms with Gasteiger partial charge in [0.15, 0.2) is 0 Å². The van der Waals surface area contributed by atoms with Crippen LogP contribution in [0.1, 0.15) is 12.5 Å². The molecule has 1 aromatic carbocycles. The summed E-state index contributed by atoms with van der Waals surface area (Å²) < 4.78 is 13.3. The van der Waals surface area contributed by atoms with Crippen LogP contribution < -0.4 is 5.32 Å². The number of rotatable bonds is 6. The number of carbonyl (C=O) groups is 2. The molecule has 0 aliphatic rings. The highest BCUT2D eigenvalue weighted by Gasteiger charge is 2.18. The number of carboxylic acid groups (broad SMARTS) is 1. The SMILES string of the molecule is CC(=O)N[C@H](CSCc1ccccc1F)C(=O)O. The molecule has 1 atom stereocenters. The summed E-state index contributed by atoms with van der Waals surface area (Å²) in [4.78, 5) is 21.6. The first kappa shape index (κ1) is 14.5. The van der Waals surface area contributed by atoms with Gasteiger partial charge in [0, 0.05) is 18.4 Å². The second kappa shape index (κ2) is 7.00. The van der Waals surface area contributed by atoms with Gasteiger partial charge < -0.3 is 10.4 Å². The Morgan fingerprint density at radius 3 is 2.67 bits per heavy atom. The molecule has 0 spiro atoms. The van der Waals surface area contributed by atoms with Crippen molar-refractivity contribution in [1.29, 1.82) is 0 Å². The second-order valence-electron chi connectivity index (χ2n) is 3.70. The highest BCUT2D eigenvalue weighted by atomic mass is 32.2. The molecule has 4 nitrogen and oxygen atoms in total. The number of hydrogen-bond acceptors (Lipinski definition) is 3. The predicted octanol–water partition coefficient (Wildman–Crippen LogP) is 1.65. The summed E-state index contributed by atoms with van der Waals surface area (Å²) in [5.74, 6) is -1.23. The zero-order valence-corrected chi connectivity index (χ0v) is 10.7. The minimum Gasteiger partial charge on any atom is -0.480 e. The van der Waals surface area contributed by atoms with Gasteiger partial charge in [-0.25, -0.2) is 9.18 Å². The fraction of sp³-hybridized carbons (Fsp3) is 0.333. The van der Waals surface area contributed by atoms with Gasteiger partial charge >= 0.3 is 5.97 Å². The molecule has 18 heavy (non-hydrogen) atoms. The van der Waals surface area contributed by atoms with Crippen molar-refractivity contribution in [2.75, 3.05) is 5.75 Å². The molecular weight excluding hydrogens is 257 g/mol. The highest BCUT2D eigenvalue weighted by Crippen LogP contribution is 2.16. The third-order valence-electron chi connectivity index (χ3n) is 2.18. The lowest BCUT2D eigenvalue weighted by Crippen LogP contribution is -2.41. The minimum absolute atomic E-state index is 0.198. The third kappa shape index (κ3) is 4.75. The largest absolute Gasteiger partial charge is 0.480 e. The lowest BCUT2D eigenvalue weighted by molar-refractivity contribution is -0.140. The topological polar surface area (TPSA) is 66.4 Å². The van der Waals surface area contributed by atoms with Crippen LogP contribution in [-0.2, 0) is 15.3 Å². The van der Waals surface area contributed by atoms with E-state index in [4.69, 9.17) is 5.11 Å². The Morgan fingerprint density at radius 2 is 2.11 bits per heavy atom. The molecule has 0 saturated heterocycles. The summed E-state index contributed by atoms with van der Waals surface area (Å²) >= 11 is 1.26. The summed E-state index contributed by atoms with van der Waals surface area (Å²) in [6.45, 7) is 1.26. The number of aliphatic carboxylic acids is 1. The van der Waals surface area contributed by atoms with E-state index in [2.05, 4.69) is 5.32 Å². The Labute approximate surface area is 109 Å². The summed E-state index contributed by atoms with van der Waals surface area (Å²) in [6, 6.07) is 5.39. The van der Waals surface area contributed by atoms with Gasteiger partial charge in [-0.15, -0.1) is 0 Å². The maximum atomic E-state index is 13.3. The maximum absolute atomic E-state index is 13.3. The van der Waals surface area contributed by atoms with Crippen molar-refractivity contribution in [2.45, 2.75) is 18.7 Å². The lowest BCUT2D eigenvalue weighted by Gasteiger charge is -2.12. The van der Waals surface area contributed by atoms with Gasteiger partial charge in [0.2, 0.25) is 5.91 Å². The van der Waals surface area contributed by atoms with E-state index in [0.29, 0.717) is 11.3 Å². The van der Waals surface area contributed by atoms with Crippen LogP contribution in [0.15, 0.2) is 24.3 Å². The van der Waals surface area contributed by atoms with E-state index in [1.54, 1.807) is 18.2 Å².